The van der Waals surface area contributed by atoms with Crippen LogP contribution >= 0.6 is 0 Å². The third-order valence-electron chi connectivity index (χ3n) is 21.3. The Morgan fingerprint density at radius 1 is 0.109 bits per heavy atom. The minimum Gasteiger partial charge on any atom is -0.309 e. The third kappa shape index (κ3) is 8.97. The minimum atomic E-state index is 1.11. The average Bonchev–Trinajstić information content (AvgIpc) is 1.59. The topological polar surface area (TPSA) is 24.6 Å². The van der Waals surface area contributed by atoms with Crippen molar-refractivity contribution >= 4 is 109 Å². The highest BCUT2D eigenvalue weighted by Gasteiger charge is 2.22. The predicted octanol–water partition coefficient (Wildman–Crippen LogP) is 25.5. The number of hydrogen-bond acceptors (Lipinski definition) is 0. The fourth-order valence-corrected chi connectivity index (χ4v) is 16.6. The third-order valence-corrected chi connectivity index (χ3v) is 21.3. The van der Waals surface area contributed by atoms with Crippen LogP contribution in [0.4, 0.5) is 0 Å². The van der Waals surface area contributed by atoms with E-state index in [0.717, 1.165) is 45.1 Å². The molecule has 5 nitrogen and oxygen atoms in total. The molecule has 0 bridgehead atoms. The smallest absolute Gasteiger partial charge is 0.0542 e. The van der Waals surface area contributed by atoms with Gasteiger partial charge in [0.2, 0.25) is 0 Å². The number of para-hydroxylation sites is 5. The second-order valence-corrected chi connectivity index (χ2v) is 26.8. The summed E-state index contributed by atoms with van der Waals surface area (Å²) in [6, 6.07) is 137. The van der Waals surface area contributed by atoms with E-state index in [0.29, 0.717) is 0 Å². The number of hydrogen-bond donors (Lipinski definition) is 0. The van der Waals surface area contributed by atoms with Crippen molar-refractivity contribution in [1.82, 2.24) is 22.8 Å². The molecular formula is C96H61N5. The van der Waals surface area contributed by atoms with E-state index >= 15 is 0 Å². The van der Waals surface area contributed by atoms with Gasteiger partial charge < -0.3 is 22.8 Å². The second kappa shape index (κ2) is 22.5. The highest BCUT2D eigenvalue weighted by Crippen LogP contribution is 2.44. The Morgan fingerprint density at radius 2 is 0.297 bits per heavy atom. The van der Waals surface area contributed by atoms with Crippen LogP contribution in [0.1, 0.15) is 0 Å². The number of benzene rings is 16. The van der Waals surface area contributed by atoms with Crippen LogP contribution in [0.15, 0.2) is 370 Å². The van der Waals surface area contributed by atoms with E-state index in [4.69, 9.17) is 0 Å². The summed E-state index contributed by atoms with van der Waals surface area (Å²) < 4.78 is 12.1. The first kappa shape index (κ1) is 56.7. The van der Waals surface area contributed by atoms with Crippen molar-refractivity contribution in [1.29, 1.82) is 0 Å². The Labute approximate surface area is 582 Å². The highest BCUT2D eigenvalue weighted by molar-refractivity contribution is 6.17. The van der Waals surface area contributed by atoms with Gasteiger partial charge in [-0.3, -0.25) is 0 Å². The van der Waals surface area contributed by atoms with Gasteiger partial charge in [0.25, 0.3) is 0 Å². The SMILES string of the molecule is c1ccc(-c2ccc3c(c2)c2cc(-c4ccc5c(c4)c4cc(-c6ccccc6)ccc4n5-c4ccc(-c5ccc(-n6c7ccccc7c7cc(-n8c9ccccc9c9cc(-c%10ccc%11c(c%10)c%10ccccc%10n%11-c%10ccccc%10)ccc98)ccc76)cc5)cc4)ccc2n3-c2ccccc2)cc1. The van der Waals surface area contributed by atoms with Gasteiger partial charge >= 0.3 is 0 Å². The molecule has 0 fully saturated rings. The summed E-state index contributed by atoms with van der Waals surface area (Å²) in [5.41, 5.74) is 29.4. The zero-order chi connectivity index (χ0) is 66.2. The highest BCUT2D eigenvalue weighted by atomic mass is 15.0. The summed E-state index contributed by atoms with van der Waals surface area (Å²) in [4.78, 5) is 0. The van der Waals surface area contributed by atoms with E-state index in [9.17, 15) is 0 Å². The van der Waals surface area contributed by atoms with E-state index in [2.05, 4.69) is 393 Å². The molecule has 0 spiro atoms. The maximum absolute atomic E-state index is 2.45. The molecule has 101 heavy (non-hydrogen) atoms. The van der Waals surface area contributed by atoms with Gasteiger partial charge in [-0.1, -0.05) is 212 Å². The molecule has 21 aromatic rings. The number of rotatable bonds is 10. The average molecular weight is 1280 g/mol. The Hall–Kier alpha value is -13.5. The van der Waals surface area contributed by atoms with Crippen LogP contribution in [0.2, 0.25) is 0 Å². The molecular weight excluding hydrogens is 1220 g/mol. The molecule has 470 valence electrons. The van der Waals surface area contributed by atoms with Gasteiger partial charge in [-0.15, -0.1) is 0 Å². The fraction of sp³-hybridized carbons (Fsp3) is 0. The molecule has 21 rings (SSSR count). The van der Waals surface area contributed by atoms with E-state index in [1.165, 1.54) is 148 Å². The van der Waals surface area contributed by atoms with Crippen LogP contribution in [0.5, 0.6) is 0 Å². The zero-order valence-electron chi connectivity index (χ0n) is 55.0. The van der Waals surface area contributed by atoms with Crippen molar-refractivity contribution in [2.75, 3.05) is 0 Å². The summed E-state index contributed by atoms with van der Waals surface area (Å²) in [7, 11) is 0. The van der Waals surface area contributed by atoms with Crippen LogP contribution in [-0.4, -0.2) is 22.8 Å². The maximum atomic E-state index is 2.45. The van der Waals surface area contributed by atoms with Gasteiger partial charge in [-0.25, -0.2) is 0 Å². The van der Waals surface area contributed by atoms with Gasteiger partial charge in [0.15, 0.2) is 0 Å². The van der Waals surface area contributed by atoms with Crippen LogP contribution in [0.25, 0.3) is 193 Å². The molecule has 5 heteroatoms. The Morgan fingerprint density at radius 3 is 0.614 bits per heavy atom. The molecule has 0 radical (unpaired) electrons. The molecule has 0 saturated carbocycles. The van der Waals surface area contributed by atoms with Crippen molar-refractivity contribution in [3.63, 3.8) is 0 Å². The number of nitrogens with zero attached hydrogens (tertiary/aromatic N) is 5. The van der Waals surface area contributed by atoms with Crippen molar-refractivity contribution in [2.24, 2.45) is 0 Å². The number of fused-ring (bicyclic) bond motifs is 15. The molecule has 0 aliphatic heterocycles. The maximum Gasteiger partial charge on any atom is 0.0542 e. The van der Waals surface area contributed by atoms with Crippen LogP contribution in [0, 0.1) is 0 Å². The van der Waals surface area contributed by atoms with Crippen molar-refractivity contribution in [3.05, 3.63) is 370 Å². The van der Waals surface area contributed by atoms with Gasteiger partial charge in [0, 0.05) is 82.3 Å². The lowest BCUT2D eigenvalue weighted by molar-refractivity contribution is 1.16. The number of aromatic nitrogens is 5. The fourth-order valence-electron chi connectivity index (χ4n) is 16.6. The van der Waals surface area contributed by atoms with Crippen molar-refractivity contribution < 1.29 is 0 Å². The van der Waals surface area contributed by atoms with E-state index in [-0.39, 0.29) is 0 Å². The van der Waals surface area contributed by atoms with Crippen LogP contribution in [0.3, 0.4) is 0 Å². The van der Waals surface area contributed by atoms with Gasteiger partial charge in [0.05, 0.1) is 55.2 Å². The molecule has 5 aromatic heterocycles. The summed E-state index contributed by atoms with van der Waals surface area (Å²) in [5, 5.41) is 12.3. The van der Waals surface area contributed by atoms with Gasteiger partial charge in [-0.05, 0) is 213 Å². The van der Waals surface area contributed by atoms with Crippen molar-refractivity contribution in [3.8, 4) is 84.1 Å². The molecule has 5 heterocycles. The Balaban J connectivity index is 0.619. The molecule has 0 aliphatic rings. The molecule has 0 unspecified atom stereocenters. The van der Waals surface area contributed by atoms with E-state index < -0.39 is 0 Å². The normalized spacial score (nSPS) is 12.0. The van der Waals surface area contributed by atoms with Crippen molar-refractivity contribution in [2.45, 2.75) is 0 Å². The second-order valence-electron chi connectivity index (χ2n) is 26.8. The van der Waals surface area contributed by atoms with Gasteiger partial charge in [0.1, 0.15) is 0 Å². The molecule has 0 N–H and O–H groups in total. The van der Waals surface area contributed by atoms with Gasteiger partial charge in [-0.2, -0.15) is 0 Å². The molecule has 0 amide bonds. The molecule has 0 aliphatic carbocycles. The lowest BCUT2D eigenvalue weighted by Crippen LogP contribution is -1.96. The molecule has 0 atom stereocenters. The first-order valence-electron chi connectivity index (χ1n) is 34.8. The Bertz CT molecular complexity index is 6890. The lowest BCUT2D eigenvalue weighted by Gasteiger charge is -2.12. The first-order chi connectivity index (χ1) is 50.1. The Kier molecular flexibility index (Phi) is 12.7. The molecule has 0 saturated heterocycles. The standard InChI is InChI=1S/C96H61N5/c1-5-19-62(20-6-1)66-37-48-92-82(55-66)84-59-70(41-52-93(84)98(92)73-25-11-4-12-26-73)71-42-53-95-85(60-71)83-56-67(63-21-7-2-8-22-63)38-49-94(83)100(95)75-45-35-65(36-46-75)64-33-43-74(44-34-64)99-88-31-17-15-29-79(88)86-61-76(47-54-96(86)99)101-89-32-18-14-28-78(89)81-58-69(40-51-91(81)101)68-39-50-90-80(57-68)77-27-13-16-30-87(77)97(90)72-23-9-3-10-24-72/h1-61H. The van der Waals surface area contributed by atoms with E-state index in [1.54, 1.807) is 0 Å². The molecule has 16 aromatic carbocycles. The monoisotopic (exact) mass is 1280 g/mol. The van der Waals surface area contributed by atoms with Crippen LogP contribution < -0.4 is 0 Å². The first-order valence-corrected chi connectivity index (χ1v) is 34.8. The quantitative estimate of drug-likeness (QED) is 0.130. The summed E-state index contributed by atoms with van der Waals surface area (Å²) in [6.45, 7) is 0. The minimum absolute atomic E-state index is 1.11. The summed E-state index contributed by atoms with van der Waals surface area (Å²) >= 11 is 0. The van der Waals surface area contributed by atoms with Crippen LogP contribution in [-0.2, 0) is 0 Å². The predicted molar refractivity (Wildman–Crippen MR) is 425 cm³/mol. The largest absolute Gasteiger partial charge is 0.309 e. The summed E-state index contributed by atoms with van der Waals surface area (Å²) in [6.07, 6.45) is 0. The zero-order valence-corrected chi connectivity index (χ0v) is 55.0. The van der Waals surface area contributed by atoms with E-state index in [1.807, 2.05) is 0 Å². The summed E-state index contributed by atoms with van der Waals surface area (Å²) in [5.74, 6) is 0. The lowest BCUT2D eigenvalue weighted by atomic mass is 9.98.